The molecule has 0 aliphatic heterocycles. The number of hydrogen-bond donors (Lipinski definition) is 3. The maximum atomic E-state index is 13.7. The second-order valence-electron chi connectivity index (χ2n) is 7.43. The lowest BCUT2D eigenvalue weighted by atomic mass is 9.91. The average Bonchev–Trinajstić information content (AvgIpc) is 3.02. The van der Waals surface area contributed by atoms with Crippen molar-refractivity contribution in [3.8, 4) is 11.5 Å². The normalized spacial score (nSPS) is 17.7. The molecule has 0 saturated carbocycles. The van der Waals surface area contributed by atoms with Gasteiger partial charge >= 0.3 is 0 Å². The number of phenolic OH excluding ortho intramolecular Hbond substituents is 1. The topological polar surface area (TPSA) is 57.3 Å². The predicted molar refractivity (Wildman–Crippen MR) is 105 cm³/mol. The summed E-state index contributed by atoms with van der Waals surface area (Å²) in [5.74, 6) is 0.468. The van der Waals surface area contributed by atoms with Crippen LogP contribution in [-0.4, -0.2) is 23.2 Å². The van der Waals surface area contributed by atoms with Crippen molar-refractivity contribution in [3.05, 3.63) is 59.0 Å². The molecule has 0 radical (unpaired) electrons. The van der Waals surface area contributed by atoms with Gasteiger partial charge in [-0.25, -0.2) is 4.39 Å². The Morgan fingerprint density at radius 2 is 2.15 bits per heavy atom. The van der Waals surface area contributed by atoms with Crippen molar-refractivity contribution in [2.75, 3.05) is 7.11 Å². The van der Waals surface area contributed by atoms with E-state index in [1.165, 1.54) is 17.3 Å². The van der Waals surface area contributed by atoms with E-state index in [9.17, 15) is 9.50 Å². The van der Waals surface area contributed by atoms with Crippen molar-refractivity contribution in [2.45, 2.75) is 44.7 Å². The lowest BCUT2D eigenvalue weighted by Gasteiger charge is -2.27. The summed E-state index contributed by atoms with van der Waals surface area (Å²) < 4.78 is 18.9. The molecule has 3 N–H and O–H groups in total. The largest absolute Gasteiger partial charge is 0.504 e. The van der Waals surface area contributed by atoms with Gasteiger partial charge in [-0.05, 0) is 74.1 Å². The number of benzene rings is 2. The molecule has 3 aromatic rings. The summed E-state index contributed by atoms with van der Waals surface area (Å²) in [6, 6.07) is 10.9. The van der Waals surface area contributed by atoms with E-state index in [-0.39, 0.29) is 23.7 Å². The fourth-order valence-electron chi connectivity index (χ4n) is 4.21. The van der Waals surface area contributed by atoms with Gasteiger partial charge in [0.05, 0.1) is 7.11 Å². The van der Waals surface area contributed by atoms with Crippen LogP contribution in [0.5, 0.6) is 11.5 Å². The first-order valence-corrected chi connectivity index (χ1v) is 9.47. The summed E-state index contributed by atoms with van der Waals surface area (Å²) in [5, 5.41) is 14.5. The number of halogens is 1. The summed E-state index contributed by atoms with van der Waals surface area (Å²) in [5.41, 5.74) is 4.55. The van der Waals surface area contributed by atoms with E-state index in [4.69, 9.17) is 4.74 Å². The first-order chi connectivity index (χ1) is 13.0. The molecule has 0 amide bonds. The van der Waals surface area contributed by atoms with Gasteiger partial charge in [0.25, 0.3) is 0 Å². The average molecular weight is 368 g/mol. The van der Waals surface area contributed by atoms with Gasteiger partial charge in [-0.3, -0.25) is 0 Å². The number of aromatic amines is 1. The molecule has 27 heavy (non-hydrogen) atoms. The van der Waals surface area contributed by atoms with E-state index >= 15 is 0 Å². The maximum absolute atomic E-state index is 13.7. The van der Waals surface area contributed by atoms with Crippen molar-refractivity contribution in [1.29, 1.82) is 0 Å². The highest BCUT2D eigenvalue weighted by atomic mass is 19.1. The van der Waals surface area contributed by atoms with Gasteiger partial charge in [0.2, 0.25) is 0 Å². The fraction of sp³-hybridized carbons (Fsp3) is 0.364. The van der Waals surface area contributed by atoms with Crippen LogP contribution in [-0.2, 0) is 12.8 Å². The smallest absolute Gasteiger partial charge is 0.160 e. The Hall–Kier alpha value is -2.53. The number of methoxy groups -OCH3 is 1. The number of rotatable bonds is 5. The van der Waals surface area contributed by atoms with Gasteiger partial charge in [0.15, 0.2) is 11.5 Å². The SMILES string of the molecule is COc1cc(CC(C)NC2CCCc3c2[nH]c2ccc(F)cc32)ccc1O. The minimum atomic E-state index is -0.186. The molecule has 1 aliphatic rings. The standard InChI is InChI=1S/C22H25FN2O2/c1-13(10-14-6-9-20(26)21(11-14)27-2)24-19-5-3-4-16-17-12-15(23)7-8-18(17)25-22(16)19/h6-9,11-13,19,24-26H,3-5,10H2,1-2H3. The first kappa shape index (κ1) is 17.9. The number of hydrogen-bond acceptors (Lipinski definition) is 3. The number of aromatic hydroxyl groups is 1. The highest BCUT2D eigenvalue weighted by molar-refractivity contribution is 5.85. The van der Waals surface area contributed by atoms with Gasteiger partial charge in [0.1, 0.15) is 5.82 Å². The molecule has 5 heteroatoms. The van der Waals surface area contributed by atoms with Crippen LogP contribution < -0.4 is 10.1 Å². The van der Waals surface area contributed by atoms with E-state index in [0.29, 0.717) is 5.75 Å². The third kappa shape index (κ3) is 3.52. The zero-order valence-corrected chi connectivity index (χ0v) is 15.7. The predicted octanol–water partition coefficient (Wildman–Crippen LogP) is 4.62. The van der Waals surface area contributed by atoms with Crippen molar-refractivity contribution < 1.29 is 14.2 Å². The lowest BCUT2D eigenvalue weighted by molar-refractivity contribution is 0.371. The molecular weight excluding hydrogens is 343 g/mol. The third-order valence-corrected chi connectivity index (χ3v) is 5.44. The molecule has 1 heterocycles. The number of aromatic nitrogens is 1. The third-order valence-electron chi connectivity index (χ3n) is 5.44. The van der Waals surface area contributed by atoms with Crippen LogP contribution in [0.15, 0.2) is 36.4 Å². The number of ether oxygens (including phenoxy) is 1. The Bertz CT molecular complexity index is 966. The van der Waals surface area contributed by atoms with E-state index in [0.717, 1.165) is 42.1 Å². The maximum Gasteiger partial charge on any atom is 0.160 e. The van der Waals surface area contributed by atoms with E-state index in [2.05, 4.69) is 17.2 Å². The van der Waals surface area contributed by atoms with Crippen LogP contribution in [0.3, 0.4) is 0 Å². The Balaban J connectivity index is 1.53. The summed E-state index contributed by atoms with van der Waals surface area (Å²) >= 11 is 0. The molecule has 0 bridgehead atoms. The molecule has 0 saturated heterocycles. The first-order valence-electron chi connectivity index (χ1n) is 9.47. The van der Waals surface area contributed by atoms with Gasteiger partial charge < -0.3 is 20.1 Å². The summed E-state index contributed by atoms with van der Waals surface area (Å²) in [7, 11) is 1.56. The molecule has 0 spiro atoms. The fourth-order valence-corrected chi connectivity index (χ4v) is 4.21. The van der Waals surface area contributed by atoms with Crippen molar-refractivity contribution in [2.24, 2.45) is 0 Å². The van der Waals surface area contributed by atoms with Gasteiger partial charge in [0, 0.05) is 28.7 Å². The Kier molecular flexibility index (Phi) is 4.79. The molecule has 1 aliphatic carbocycles. The van der Waals surface area contributed by atoms with Crippen LogP contribution in [0.4, 0.5) is 4.39 Å². The van der Waals surface area contributed by atoms with E-state index in [1.807, 2.05) is 18.2 Å². The van der Waals surface area contributed by atoms with E-state index in [1.54, 1.807) is 19.2 Å². The number of phenols is 1. The van der Waals surface area contributed by atoms with Crippen LogP contribution in [0.25, 0.3) is 10.9 Å². The quantitative estimate of drug-likeness (QED) is 0.616. The van der Waals surface area contributed by atoms with Crippen molar-refractivity contribution in [1.82, 2.24) is 10.3 Å². The molecule has 4 nitrogen and oxygen atoms in total. The molecule has 1 aromatic heterocycles. The van der Waals surface area contributed by atoms with Crippen LogP contribution in [0, 0.1) is 5.82 Å². The van der Waals surface area contributed by atoms with Crippen LogP contribution >= 0.6 is 0 Å². The molecule has 2 unspecified atom stereocenters. The van der Waals surface area contributed by atoms with Gasteiger partial charge in [-0.1, -0.05) is 6.07 Å². The molecule has 142 valence electrons. The lowest BCUT2D eigenvalue weighted by Crippen LogP contribution is -2.34. The summed E-state index contributed by atoms with van der Waals surface area (Å²) in [6.45, 7) is 2.16. The molecule has 4 rings (SSSR count). The second kappa shape index (κ2) is 7.24. The zero-order valence-electron chi connectivity index (χ0n) is 15.7. The number of nitrogens with one attached hydrogen (secondary N) is 2. The summed E-state index contributed by atoms with van der Waals surface area (Å²) in [4.78, 5) is 3.51. The van der Waals surface area contributed by atoms with Crippen LogP contribution in [0.2, 0.25) is 0 Å². The van der Waals surface area contributed by atoms with Crippen LogP contribution in [0.1, 0.15) is 42.6 Å². The minimum Gasteiger partial charge on any atom is -0.504 e. The van der Waals surface area contributed by atoms with Crippen molar-refractivity contribution in [3.63, 3.8) is 0 Å². The van der Waals surface area contributed by atoms with Gasteiger partial charge in [-0.15, -0.1) is 0 Å². The van der Waals surface area contributed by atoms with Gasteiger partial charge in [-0.2, -0.15) is 0 Å². The highest BCUT2D eigenvalue weighted by Crippen LogP contribution is 2.35. The molecule has 2 atom stereocenters. The van der Waals surface area contributed by atoms with E-state index < -0.39 is 0 Å². The Morgan fingerprint density at radius 1 is 1.30 bits per heavy atom. The van der Waals surface area contributed by atoms with Crippen molar-refractivity contribution >= 4 is 10.9 Å². The monoisotopic (exact) mass is 368 g/mol. The molecule has 2 aromatic carbocycles. The highest BCUT2D eigenvalue weighted by Gasteiger charge is 2.25. The number of aryl methyl sites for hydroxylation is 1. The minimum absolute atomic E-state index is 0.157. The Morgan fingerprint density at radius 3 is 2.96 bits per heavy atom. The zero-order chi connectivity index (χ0) is 19.0. The Labute approximate surface area is 158 Å². The summed E-state index contributed by atoms with van der Waals surface area (Å²) in [6.07, 6.45) is 3.97. The molecular formula is C22H25FN2O2. The number of fused-ring (bicyclic) bond motifs is 3. The second-order valence-corrected chi connectivity index (χ2v) is 7.43. The molecule has 0 fully saturated rings. The number of H-pyrrole nitrogens is 1.